The number of ether oxygens (including phenoxy) is 2. The second-order valence-corrected chi connectivity index (χ2v) is 7.49. The van der Waals surface area contributed by atoms with E-state index < -0.39 is 11.7 Å². The monoisotopic (exact) mass is 425 g/mol. The first kappa shape index (κ1) is 19.5. The van der Waals surface area contributed by atoms with Crippen LogP contribution in [0.4, 0.5) is 13.2 Å². The van der Waals surface area contributed by atoms with E-state index >= 15 is 0 Å². The number of alkyl halides is 3. The zero-order valence-electron chi connectivity index (χ0n) is 16.6. The molecule has 7 heteroatoms. The Labute approximate surface area is 176 Å². The molecule has 1 aliphatic rings. The summed E-state index contributed by atoms with van der Waals surface area (Å²) in [6.45, 7) is 2.10. The number of halogens is 3. The van der Waals surface area contributed by atoms with Crippen LogP contribution >= 0.6 is 0 Å². The fourth-order valence-corrected chi connectivity index (χ4v) is 3.73. The van der Waals surface area contributed by atoms with E-state index in [1.54, 1.807) is 18.2 Å². The first-order valence-corrected chi connectivity index (χ1v) is 9.95. The number of hydrogen-bond acceptors (Lipinski definition) is 4. The Hall–Kier alpha value is -3.48. The maximum absolute atomic E-state index is 12.8. The average Bonchev–Trinajstić information content (AvgIpc) is 3.36. The van der Waals surface area contributed by atoms with Crippen molar-refractivity contribution < 1.29 is 27.2 Å². The summed E-state index contributed by atoms with van der Waals surface area (Å²) in [7, 11) is 0. The molecule has 4 aromatic rings. The lowest BCUT2D eigenvalue weighted by atomic mass is 10.1. The van der Waals surface area contributed by atoms with Gasteiger partial charge in [-0.2, -0.15) is 13.2 Å². The van der Waals surface area contributed by atoms with Crippen molar-refractivity contribution >= 4 is 11.0 Å². The first-order chi connectivity index (χ1) is 14.9. The molecular formula is C24H18F3NO3. The molecule has 0 saturated carbocycles. The molecule has 31 heavy (non-hydrogen) atoms. The molecule has 1 aromatic heterocycles. The summed E-state index contributed by atoms with van der Waals surface area (Å²) in [6, 6.07) is 15.9. The van der Waals surface area contributed by atoms with Crippen LogP contribution in [-0.2, 0) is 12.6 Å². The summed E-state index contributed by atoms with van der Waals surface area (Å²) in [6.07, 6.45) is -2.35. The van der Waals surface area contributed by atoms with Gasteiger partial charge in [-0.3, -0.25) is 0 Å². The lowest BCUT2D eigenvalue weighted by molar-refractivity contribution is -0.137. The van der Waals surface area contributed by atoms with Crippen molar-refractivity contribution in [1.82, 2.24) is 5.16 Å². The predicted molar refractivity (Wildman–Crippen MR) is 109 cm³/mol. The lowest BCUT2D eigenvalue weighted by Gasteiger charge is -2.08. The second-order valence-electron chi connectivity index (χ2n) is 7.49. The molecule has 0 aliphatic carbocycles. The predicted octanol–water partition coefficient (Wildman–Crippen LogP) is 7.02. The molecule has 4 nitrogen and oxygen atoms in total. The molecule has 0 spiro atoms. The summed E-state index contributed by atoms with van der Waals surface area (Å²) in [5.41, 5.74) is 1.93. The minimum Gasteiger partial charge on any atom is -0.490 e. The van der Waals surface area contributed by atoms with Crippen LogP contribution in [0.3, 0.4) is 0 Å². The highest BCUT2D eigenvalue weighted by molar-refractivity contribution is 5.92. The normalized spacial score (nSPS) is 15.7. The molecule has 5 rings (SSSR count). The van der Waals surface area contributed by atoms with Crippen LogP contribution in [0.25, 0.3) is 22.2 Å². The molecule has 0 amide bonds. The smallest absolute Gasteiger partial charge is 0.416 e. The van der Waals surface area contributed by atoms with E-state index in [2.05, 4.69) is 12.1 Å². The first-order valence-electron chi connectivity index (χ1n) is 9.95. The Morgan fingerprint density at radius 1 is 1.00 bits per heavy atom. The van der Waals surface area contributed by atoms with Gasteiger partial charge >= 0.3 is 6.18 Å². The molecule has 0 fully saturated rings. The van der Waals surface area contributed by atoms with Crippen molar-refractivity contribution in [3.05, 3.63) is 71.8 Å². The fraction of sp³-hybridized carbons (Fsp3) is 0.208. The van der Waals surface area contributed by atoms with Gasteiger partial charge in [0.15, 0.2) is 5.58 Å². The molecule has 0 bridgehead atoms. The van der Waals surface area contributed by atoms with Crippen LogP contribution in [0.5, 0.6) is 17.2 Å². The van der Waals surface area contributed by atoms with E-state index in [4.69, 9.17) is 14.0 Å². The van der Waals surface area contributed by atoms with Crippen molar-refractivity contribution in [3.63, 3.8) is 0 Å². The highest BCUT2D eigenvalue weighted by Crippen LogP contribution is 2.37. The van der Waals surface area contributed by atoms with Gasteiger partial charge in [0.05, 0.1) is 5.56 Å². The molecule has 0 saturated heterocycles. The third-order valence-corrected chi connectivity index (χ3v) is 5.39. The van der Waals surface area contributed by atoms with Gasteiger partial charge in [-0.05, 0) is 48.9 Å². The minimum absolute atomic E-state index is 0.208. The summed E-state index contributed by atoms with van der Waals surface area (Å²) in [4.78, 5) is 0. The number of nitrogens with zero attached hydrogens (tertiary/aromatic N) is 1. The van der Waals surface area contributed by atoms with Crippen LogP contribution < -0.4 is 9.47 Å². The molecule has 1 atom stereocenters. The van der Waals surface area contributed by atoms with Gasteiger partial charge in [-0.1, -0.05) is 24.2 Å². The highest BCUT2D eigenvalue weighted by atomic mass is 19.4. The molecule has 158 valence electrons. The zero-order chi connectivity index (χ0) is 21.6. The molecule has 1 aliphatic heterocycles. The van der Waals surface area contributed by atoms with Crippen molar-refractivity contribution in [2.75, 3.05) is 0 Å². The molecule has 3 aromatic carbocycles. The Balaban J connectivity index is 1.39. The Bertz CT molecular complexity index is 1250. The quantitative estimate of drug-likeness (QED) is 0.352. The topological polar surface area (TPSA) is 44.5 Å². The number of benzene rings is 3. The summed E-state index contributed by atoms with van der Waals surface area (Å²) in [5, 5.41) is 4.74. The van der Waals surface area contributed by atoms with E-state index in [0.29, 0.717) is 33.7 Å². The number of aromatic nitrogens is 1. The van der Waals surface area contributed by atoms with Gasteiger partial charge in [0.2, 0.25) is 0 Å². The van der Waals surface area contributed by atoms with Crippen LogP contribution in [-0.4, -0.2) is 11.3 Å². The Morgan fingerprint density at radius 2 is 1.74 bits per heavy atom. The third kappa shape index (κ3) is 3.71. The Morgan fingerprint density at radius 3 is 2.48 bits per heavy atom. The van der Waals surface area contributed by atoms with E-state index in [9.17, 15) is 13.2 Å². The van der Waals surface area contributed by atoms with Gasteiger partial charge in [-0.15, -0.1) is 0 Å². The third-order valence-electron chi connectivity index (χ3n) is 5.39. The molecule has 2 heterocycles. The van der Waals surface area contributed by atoms with Crippen molar-refractivity contribution in [1.29, 1.82) is 0 Å². The maximum Gasteiger partial charge on any atom is 0.416 e. The van der Waals surface area contributed by atoms with Crippen LogP contribution in [0, 0.1) is 0 Å². The molecular weight excluding hydrogens is 407 g/mol. The highest BCUT2D eigenvalue weighted by Gasteiger charge is 2.30. The minimum atomic E-state index is -4.38. The largest absolute Gasteiger partial charge is 0.490 e. The molecule has 0 N–H and O–H groups in total. The van der Waals surface area contributed by atoms with Gasteiger partial charge in [0.1, 0.15) is 29.0 Å². The second kappa shape index (κ2) is 7.34. The van der Waals surface area contributed by atoms with Crippen molar-refractivity contribution in [3.8, 4) is 28.5 Å². The SMILES string of the molecule is CCC1Cc2cc(Oc3ccc4c(-c5ccc(C(F)(F)F)cc5)noc4c3)ccc2O1. The maximum atomic E-state index is 12.8. The standard InChI is InChI=1S/C24H18F3NO3/c1-2-17-11-15-12-18(8-10-21(15)30-17)29-19-7-9-20-22(13-19)31-28-23(20)14-3-5-16(6-4-14)24(25,26)27/h3-10,12-13,17H,2,11H2,1H3. The molecule has 1 unspecified atom stereocenters. The van der Waals surface area contributed by atoms with E-state index in [0.717, 1.165) is 36.3 Å². The lowest BCUT2D eigenvalue weighted by Crippen LogP contribution is -2.10. The van der Waals surface area contributed by atoms with Crippen molar-refractivity contribution in [2.24, 2.45) is 0 Å². The van der Waals surface area contributed by atoms with E-state index in [-0.39, 0.29) is 6.10 Å². The van der Waals surface area contributed by atoms with Crippen LogP contribution in [0.15, 0.2) is 65.2 Å². The molecule has 0 radical (unpaired) electrons. The van der Waals surface area contributed by atoms with E-state index in [1.165, 1.54) is 12.1 Å². The van der Waals surface area contributed by atoms with Crippen LogP contribution in [0.1, 0.15) is 24.5 Å². The number of fused-ring (bicyclic) bond motifs is 2. The Kier molecular flexibility index (Phi) is 4.61. The van der Waals surface area contributed by atoms with Gasteiger partial charge in [-0.25, -0.2) is 0 Å². The number of rotatable bonds is 4. The summed E-state index contributed by atoms with van der Waals surface area (Å²) in [5.74, 6) is 2.17. The van der Waals surface area contributed by atoms with Crippen molar-refractivity contribution in [2.45, 2.75) is 32.0 Å². The van der Waals surface area contributed by atoms with Gasteiger partial charge in [0, 0.05) is 29.0 Å². The number of hydrogen-bond donors (Lipinski definition) is 0. The summed E-state index contributed by atoms with van der Waals surface area (Å²) < 4.78 is 55.6. The van der Waals surface area contributed by atoms with Gasteiger partial charge in [0.25, 0.3) is 0 Å². The van der Waals surface area contributed by atoms with E-state index in [1.807, 2.05) is 18.2 Å². The van der Waals surface area contributed by atoms with Crippen LogP contribution in [0.2, 0.25) is 0 Å². The zero-order valence-corrected chi connectivity index (χ0v) is 16.6. The fourth-order valence-electron chi connectivity index (χ4n) is 3.73. The average molecular weight is 425 g/mol. The van der Waals surface area contributed by atoms with Gasteiger partial charge < -0.3 is 14.0 Å². The summed E-state index contributed by atoms with van der Waals surface area (Å²) >= 11 is 0.